The molecule has 1 heterocycles. The van der Waals surface area contributed by atoms with Crippen molar-refractivity contribution in [1.82, 2.24) is 4.31 Å². The van der Waals surface area contributed by atoms with E-state index >= 15 is 0 Å². The van der Waals surface area contributed by atoms with Crippen LogP contribution in [0.1, 0.15) is 47.2 Å². The lowest BCUT2D eigenvalue weighted by Crippen LogP contribution is -2.35. The smallest absolute Gasteiger partial charge is 0.243 e. The highest BCUT2D eigenvalue weighted by Gasteiger charge is 2.27. The molecule has 0 aromatic heterocycles. The van der Waals surface area contributed by atoms with E-state index in [1.807, 2.05) is 6.07 Å². The molecule has 0 radical (unpaired) electrons. The number of sulfonamides is 1. The van der Waals surface area contributed by atoms with Gasteiger partial charge < -0.3 is 10.1 Å². The summed E-state index contributed by atoms with van der Waals surface area (Å²) >= 11 is 6.14. The summed E-state index contributed by atoms with van der Waals surface area (Å²) < 4.78 is 33.2. The average molecular weight is 541 g/mol. The Balaban J connectivity index is 1.50. The largest absolute Gasteiger partial charge is 0.496 e. The van der Waals surface area contributed by atoms with Crippen LogP contribution in [0.2, 0.25) is 5.02 Å². The molecule has 3 aromatic rings. The third kappa shape index (κ3) is 6.39. The summed E-state index contributed by atoms with van der Waals surface area (Å²) in [5, 5.41) is 3.19. The van der Waals surface area contributed by atoms with Gasteiger partial charge in [-0.2, -0.15) is 4.31 Å². The van der Waals surface area contributed by atoms with Crippen molar-refractivity contribution in [2.45, 2.75) is 37.0 Å². The lowest BCUT2D eigenvalue weighted by atomic mass is 10.0. The predicted octanol–water partition coefficient (Wildman–Crippen LogP) is 5.33. The summed E-state index contributed by atoms with van der Waals surface area (Å²) in [5.74, 6) is -0.0664. The van der Waals surface area contributed by atoms with Crippen LogP contribution in [0.15, 0.2) is 71.6 Å². The Kier molecular flexibility index (Phi) is 8.63. The second-order valence-corrected chi connectivity index (χ2v) is 11.2. The summed E-state index contributed by atoms with van der Waals surface area (Å²) in [6, 6.07) is 18.2. The van der Waals surface area contributed by atoms with Gasteiger partial charge >= 0.3 is 0 Å². The lowest BCUT2D eigenvalue weighted by molar-refractivity contribution is -0.116. The predicted molar refractivity (Wildman–Crippen MR) is 144 cm³/mol. The van der Waals surface area contributed by atoms with Gasteiger partial charge in [0.1, 0.15) is 5.75 Å². The minimum Gasteiger partial charge on any atom is -0.496 e. The number of methoxy groups -OCH3 is 1. The number of aryl methyl sites for hydroxylation is 1. The Labute approximate surface area is 222 Å². The number of carbonyl (C=O) groups is 2. The molecule has 37 heavy (non-hydrogen) atoms. The quantitative estimate of drug-likeness (QED) is 0.370. The zero-order valence-electron chi connectivity index (χ0n) is 20.6. The molecule has 4 rings (SSSR count). The van der Waals surface area contributed by atoms with Crippen molar-refractivity contribution < 1.29 is 22.7 Å². The second-order valence-electron chi connectivity index (χ2n) is 8.87. The number of nitrogens with one attached hydrogen (secondary N) is 1. The molecule has 1 fully saturated rings. The molecule has 7 nitrogen and oxygen atoms in total. The minimum atomic E-state index is -3.61. The molecular formula is C28H29ClN2O5S. The van der Waals surface area contributed by atoms with Crippen molar-refractivity contribution in [2.75, 3.05) is 25.5 Å². The third-order valence-electron chi connectivity index (χ3n) is 6.36. The molecule has 0 unspecified atom stereocenters. The van der Waals surface area contributed by atoms with Gasteiger partial charge in [0, 0.05) is 35.7 Å². The van der Waals surface area contributed by atoms with Crippen LogP contribution in [0.3, 0.4) is 0 Å². The summed E-state index contributed by atoms with van der Waals surface area (Å²) in [7, 11) is -2.11. The van der Waals surface area contributed by atoms with Gasteiger partial charge in [0.15, 0.2) is 5.78 Å². The summed E-state index contributed by atoms with van der Waals surface area (Å²) in [6.45, 7) is 1.02. The fourth-order valence-corrected chi connectivity index (χ4v) is 6.12. The van der Waals surface area contributed by atoms with E-state index in [4.69, 9.17) is 16.3 Å². The van der Waals surface area contributed by atoms with Gasteiger partial charge in [-0.25, -0.2) is 8.42 Å². The van der Waals surface area contributed by atoms with E-state index in [-0.39, 0.29) is 29.4 Å². The van der Waals surface area contributed by atoms with Gasteiger partial charge in [0.25, 0.3) is 0 Å². The maximum absolute atomic E-state index is 13.1. The zero-order valence-corrected chi connectivity index (χ0v) is 22.1. The molecule has 1 N–H and O–H groups in total. The first-order valence-corrected chi connectivity index (χ1v) is 14.0. The van der Waals surface area contributed by atoms with Crippen LogP contribution in [-0.4, -0.2) is 44.6 Å². The number of benzene rings is 3. The van der Waals surface area contributed by atoms with Crippen LogP contribution in [0.5, 0.6) is 5.75 Å². The van der Waals surface area contributed by atoms with Crippen molar-refractivity contribution in [3.05, 3.63) is 88.4 Å². The van der Waals surface area contributed by atoms with Crippen molar-refractivity contribution in [2.24, 2.45) is 0 Å². The van der Waals surface area contributed by atoms with Crippen molar-refractivity contribution in [3.63, 3.8) is 0 Å². The Hall–Kier alpha value is -3.20. The first-order valence-electron chi connectivity index (χ1n) is 12.2. The topological polar surface area (TPSA) is 92.8 Å². The van der Waals surface area contributed by atoms with Crippen LogP contribution in [0.4, 0.5) is 5.69 Å². The summed E-state index contributed by atoms with van der Waals surface area (Å²) in [6.07, 6.45) is 3.05. The fraction of sp³-hybridized carbons (Fsp3) is 0.286. The number of ketones is 1. The van der Waals surface area contributed by atoms with E-state index in [2.05, 4.69) is 5.32 Å². The van der Waals surface area contributed by atoms with Crippen LogP contribution < -0.4 is 10.1 Å². The standard InChI is InChI=1S/C28H29ClN2O5S/c1-36-26-14-12-23(37(34,35)31-16-6-3-7-17-31)18-21(26)10-15-27(32)30-25-13-11-22(29)19-24(25)28(33)20-8-4-2-5-9-20/h2,4-5,8-9,11-14,18-19H,3,6-7,10,15-17H2,1H3,(H,30,32). The third-order valence-corrected chi connectivity index (χ3v) is 8.49. The Morgan fingerprint density at radius 2 is 1.70 bits per heavy atom. The molecule has 3 aromatic carbocycles. The first-order chi connectivity index (χ1) is 17.8. The monoisotopic (exact) mass is 540 g/mol. The molecule has 0 spiro atoms. The highest BCUT2D eigenvalue weighted by Crippen LogP contribution is 2.28. The number of piperidine rings is 1. The van der Waals surface area contributed by atoms with Crippen LogP contribution in [-0.2, 0) is 21.2 Å². The zero-order chi connectivity index (χ0) is 26.4. The number of nitrogens with zero attached hydrogens (tertiary/aromatic N) is 1. The molecule has 9 heteroatoms. The highest BCUT2D eigenvalue weighted by atomic mass is 35.5. The molecule has 1 aliphatic rings. The molecule has 0 aliphatic carbocycles. The molecule has 194 valence electrons. The normalized spacial score (nSPS) is 14.2. The van der Waals surface area contributed by atoms with E-state index < -0.39 is 10.0 Å². The van der Waals surface area contributed by atoms with E-state index in [0.717, 1.165) is 19.3 Å². The SMILES string of the molecule is COc1ccc(S(=O)(=O)N2CCCCC2)cc1CCC(=O)Nc1ccc(Cl)cc1C(=O)c1ccccc1. The molecular weight excluding hydrogens is 512 g/mol. The molecule has 1 saturated heterocycles. The number of hydrogen-bond acceptors (Lipinski definition) is 5. The van der Waals surface area contributed by atoms with Gasteiger partial charge in [-0.05, 0) is 61.2 Å². The van der Waals surface area contributed by atoms with Gasteiger partial charge in [0.2, 0.25) is 15.9 Å². The second kappa shape index (κ2) is 11.9. The van der Waals surface area contributed by atoms with Crippen LogP contribution >= 0.6 is 11.6 Å². The van der Waals surface area contributed by atoms with Gasteiger partial charge in [-0.15, -0.1) is 0 Å². The molecule has 0 saturated carbocycles. The summed E-state index contributed by atoms with van der Waals surface area (Å²) in [5.41, 5.74) is 1.75. The summed E-state index contributed by atoms with van der Waals surface area (Å²) in [4.78, 5) is 26.1. The number of amides is 1. The van der Waals surface area contributed by atoms with E-state index in [1.54, 1.807) is 54.6 Å². The van der Waals surface area contributed by atoms with E-state index in [1.165, 1.54) is 17.5 Å². The molecule has 0 atom stereocenters. The number of hydrogen-bond donors (Lipinski definition) is 1. The average Bonchev–Trinajstić information content (AvgIpc) is 2.93. The number of halogens is 1. The Bertz CT molecular complexity index is 1390. The number of carbonyl (C=O) groups excluding carboxylic acids is 2. The number of rotatable bonds is 9. The highest BCUT2D eigenvalue weighted by molar-refractivity contribution is 7.89. The van der Waals surface area contributed by atoms with Gasteiger partial charge in [-0.1, -0.05) is 48.4 Å². The first kappa shape index (κ1) is 26.9. The van der Waals surface area contributed by atoms with E-state index in [9.17, 15) is 18.0 Å². The minimum absolute atomic E-state index is 0.0607. The molecule has 1 aliphatic heterocycles. The molecule has 0 bridgehead atoms. The van der Waals surface area contributed by atoms with Gasteiger partial charge in [-0.3, -0.25) is 9.59 Å². The lowest BCUT2D eigenvalue weighted by Gasteiger charge is -2.26. The fourth-order valence-electron chi connectivity index (χ4n) is 4.38. The maximum atomic E-state index is 13.1. The van der Waals surface area contributed by atoms with Crippen LogP contribution in [0, 0.1) is 0 Å². The van der Waals surface area contributed by atoms with E-state index in [0.29, 0.717) is 46.2 Å². The Morgan fingerprint density at radius 3 is 2.41 bits per heavy atom. The van der Waals surface area contributed by atoms with Gasteiger partial charge in [0.05, 0.1) is 17.7 Å². The van der Waals surface area contributed by atoms with Crippen LogP contribution in [0.25, 0.3) is 0 Å². The van der Waals surface area contributed by atoms with Crippen molar-refractivity contribution >= 4 is 39.0 Å². The number of ether oxygens (including phenoxy) is 1. The Morgan fingerprint density at radius 1 is 0.973 bits per heavy atom. The molecule has 1 amide bonds. The van der Waals surface area contributed by atoms with Crippen molar-refractivity contribution in [3.8, 4) is 5.75 Å². The number of anilines is 1. The maximum Gasteiger partial charge on any atom is 0.243 e. The van der Waals surface area contributed by atoms with Crippen molar-refractivity contribution in [1.29, 1.82) is 0 Å².